The highest BCUT2D eigenvalue weighted by Gasteiger charge is 2.26. The lowest BCUT2D eigenvalue weighted by molar-refractivity contribution is 0.308. The minimum Gasteiger partial charge on any atom is -0.313 e. The van der Waals surface area contributed by atoms with Crippen molar-refractivity contribution in [3.05, 3.63) is 0 Å². The molecule has 114 valence electrons. The average Bonchev–Trinajstić information content (AvgIpc) is 2.75. The zero-order chi connectivity index (χ0) is 14.5. The maximum atomic E-state index is 4.20. The van der Waals surface area contributed by atoms with Crippen molar-refractivity contribution in [3.63, 3.8) is 0 Å². The Morgan fingerprint density at radius 2 is 1.95 bits per heavy atom. The highest BCUT2D eigenvalue weighted by Crippen LogP contribution is 2.37. The molecule has 1 aliphatic rings. The molecule has 1 heterocycles. The van der Waals surface area contributed by atoms with Gasteiger partial charge in [-0.05, 0) is 41.5 Å². The fourth-order valence-electron chi connectivity index (χ4n) is 3.00. The average molecular weight is 297 g/mol. The van der Waals surface area contributed by atoms with Crippen molar-refractivity contribution in [1.29, 1.82) is 0 Å². The Morgan fingerprint density at radius 3 is 2.60 bits per heavy atom. The number of rotatable bonds is 6. The first kappa shape index (κ1) is 15.8. The Bertz CT molecular complexity index is 396. The van der Waals surface area contributed by atoms with Crippen molar-refractivity contribution < 1.29 is 0 Å². The van der Waals surface area contributed by atoms with Crippen molar-refractivity contribution in [1.82, 2.24) is 25.5 Å². The van der Waals surface area contributed by atoms with Crippen LogP contribution in [0.3, 0.4) is 0 Å². The van der Waals surface area contributed by atoms with E-state index in [2.05, 4.69) is 48.5 Å². The molecule has 0 aliphatic heterocycles. The molecule has 2 atom stereocenters. The summed E-state index contributed by atoms with van der Waals surface area (Å²) in [6.07, 6.45) is 3.93. The lowest BCUT2D eigenvalue weighted by atomic mass is 9.83. The lowest BCUT2D eigenvalue weighted by Crippen LogP contribution is -2.27. The van der Waals surface area contributed by atoms with E-state index >= 15 is 0 Å². The molecule has 0 aromatic carbocycles. The molecule has 1 aromatic rings. The SMILES string of the molecule is CC1CC(C)CC(Sc2nnnn2CCNC(C)C)C1. The maximum absolute atomic E-state index is 4.20. The number of nitrogens with zero attached hydrogens (tertiary/aromatic N) is 4. The summed E-state index contributed by atoms with van der Waals surface area (Å²) in [5, 5.41) is 17.2. The first-order valence-corrected chi connectivity index (χ1v) is 8.58. The lowest BCUT2D eigenvalue weighted by Gasteiger charge is -2.30. The number of hydrogen-bond donors (Lipinski definition) is 1. The molecule has 0 radical (unpaired) electrons. The second kappa shape index (κ2) is 7.41. The van der Waals surface area contributed by atoms with E-state index in [4.69, 9.17) is 0 Å². The van der Waals surface area contributed by atoms with Gasteiger partial charge in [-0.2, -0.15) is 0 Å². The molecule has 5 nitrogen and oxygen atoms in total. The standard InChI is InChI=1S/C14H27N5S/c1-10(2)15-5-6-19-14(16-17-18-19)20-13-8-11(3)7-12(4)9-13/h10-13,15H,5-9H2,1-4H3. The van der Waals surface area contributed by atoms with Crippen molar-refractivity contribution >= 4 is 11.8 Å². The zero-order valence-electron chi connectivity index (χ0n) is 13.0. The molecule has 1 saturated carbocycles. The fourth-order valence-corrected chi connectivity index (χ4v) is 4.48. The molecule has 1 fully saturated rings. The smallest absolute Gasteiger partial charge is 0.209 e. The minimum atomic E-state index is 0.502. The van der Waals surface area contributed by atoms with Crippen LogP contribution in [-0.4, -0.2) is 38.0 Å². The second-order valence-electron chi connectivity index (χ2n) is 6.45. The summed E-state index contributed by atoms with van der Waals surface area (Å²) < 4.78 is 1.93. The quantitative estimate of drug-likeness (QED) is 0.874. The van der Waals surface area contributed by atoms with Crippen LogP contribution < -0.4 is 5.32 Å². The van der Waals surface area contributed by atoms with Gasteiger partial charge in [-0.15, -0.1) is 5.10 Å². The number of thioether (sulfide) groups is 1. The Kier molecular flexibility index (Phi) is 5.84. The van der Waals surface area contributed by atoms with Crippen LogP contribution in [0.25, 0.3) is 0 Å². The van der Waals surface area contributed by atoms with E-state index in [1.807, 2.05) is 16.4 Å². The molecule has 1 aromatic heterocycles. The van der Waals surface area contributed by atoms with Crippen LogP contribution in [0.15, 0.2) is 5.16 Å². The van der Waals surface area contributed by atoms with Gasteiger partial charge in [0.1, 0.15) is 0 Å². The molecule has 1 N–H and O–H groups in total. The van der Waals surface area contributed by atoms with Crippen LogP contribution >= 0.6 is 11.8 Å². The third-order valence-electron chi connectivity index (χ3n) is 3.78. The topological polar surface area (TPSA) is 55.6 Å². The summed E-state index contributed by atoms with van der Waals surface area (Å²) in [5.74, 6) is 1.64. The summed E-state index contributed by atoms with van der Waals surface area (Å²) in [6, 6.07) is 0.502. The van der Waals surface area contributed by atoms with E-state index in [0.717, 1.165) is 30.1 Å². The van der Waals surface area contributed by atoms with E-state index in [1.165, 1.54) is 19.3 Å². The van der Waals surface area contributed by atoms with Crippen molar-refractivity contribution in [2.45, 2.75) is 70.0 Å². The predicted molar refractivity (Wildman–Crippen MR) is 82.8 cm³/mol. The van der Waals surface area contributed by atoms with Crippen LogP contribution in [0.2, 0.25) is 0 Å². The predicted octanol–water partition coefficient (Wildman–Crippen LogP) is 2.59. The van der Waals surface area contributed by atoms with Crippen LogP contribution in [0.5, 0.6) is 0 Å². The molecular formula is C14H27N5S. The summed E-state index contributed by atoms with van der Waals surface area (Å²) in [7, 11) is 0. The van der Waals surface area contributed by atoms with Crippen LogP contribution in [-0.2, 0) is 6.54 Å². The third kappa shape index (κ3) is 4.74. The van der Waals surface area contributed by atoms with Gasteiger partial charge in [-0.25, -0.2) is 4.68 Å². The first-order valence-electron chi connectivity index (χ1n) is 7.70. The van der Waals surface area contributed by atoms with Crippen LogP contribution in [0.1, 0.15) is 47.0 Å². The molecule has 0 saturated heterocycles. The van der Waals surface area contributed by atoms with Gasteiger partial charge >= 0.3 is 0 Å². The van der Waals surface area contributed by atoms with E-state index in [-0.39, 0.29) is 0 Å². The molecule has 0 amide bonds. The molecule has 20 heavy (non-hydrogen) atoms. The van der Waals surface area contributed by atoms with Gasteiger partial charge in [0.2, 0.25) is 5.16 Å². The van der Waals surface area contributed by atoms with Crippen molar-refractivity contribution in [2.24, 2.45) is 11.8 Å². The van der Waals surface area contributed by atoms with Gasteiger partial charge in [0.05, 0.1) is 6.54 Å². The number of aromatic nitrogens is 4. The Morgan fingerprint density at radius 1 is 1.25 bits per heavy atom. The summed E-state index contributed by atoms with van der Waals surface area (Å²) in [4.78, 5) is 0. The Hall–Kier alpha value is -0.620. The van der Waals surface area contributed by atoms with Gasteiger partial charge in [0.25, 0.3) is 0 Å². The summed E-state index contributed by atoms with van der Waals surface area (Å²) in [5.41, 5.74) is 0. The zero-order valence-corrected chi connectivity index (χ0v) is 13.9. The molecule has 0 spiro atoms. The van der Waals surface area contributed by atoms with E-state index in [1.54, 1.807) is 0 Å². The highest BCUT2D eigenvalue weighted by atomic mass is 32.2. The largest absolute Gasteiger partial charge is 0.313 e. The van der Waals surface area contributed by atoms with Gasteiger partial charge in [0, 0.05) is 17.8 Å². The van der Waals surface area contributed by atoms with E-state index < -0.39 is 0 Å². The van der Waals surface area contributed by atoms with Gasteiger partial charge in [0.15, 0.2) is 0 Å². The van der Waals surface area contributed by atoms with Gasteiger partial charge < -0.3 is 5.32 Å². The van der Waals surface area contributed by atoms with Crippen molar-refractivity contribution in [3.8, 4) is 0 Å². The minimum absolute atomic E-state index is 0.502. The van der Waals surface area contributed by atoms with Crippen LogP contribution in [0.4, 0.5) is 0 Å². The molecule has 0 bridgehead atoms. The van der Waals surface area contributed by atoms with Gasteiger partial charge in [-0.3, -0.25) is 0 Å². The fraction of sp³-hybridized carbons (Fsp3) is 0.929. The monoisotopic (exact) mass is 297 g/mol. The van der Waals surface area contributed by atoms with Crippen molar-refractivity contribution in [2.75, 3.05) is 6.54 Å². The normalized spacial score (nSPS) is 27.1. The van der Waals surface area contributed by atoms with Gasteiger partial charge in [-0.1, -0.05) is 39.5 Å². The Balaban J connectivity index is 1.88. The highest BCUT2D eigenvalue weighted by molar-refractivity contribution is 7.99. The molecule has 2 rings (SSSR count). The Labute approximate surface area is 126 Å². The van der Waals surface area contributed by atoms with E-state index in [0.29, 0.717) is 11.3 Å². The summed E-state index contributed by atoms with van der Waals surface area (Å²) >= 11 is 1.86. The summed E-state index contributed by atoms with van der Waals surface area (Å²) in [6.45, 7) is 10.8. The third-order valence-corrected chi connectivity index (χ3v) is 5.00. The first-order chi connectivity index (χ1) is 9.54. The molecule has 2 unspecified atom stereocenters. The maximum Gasteiger partial charge on any atom is 0.209 e. The molecule has 1 aliphatic carbocycles. The van der Waals surface area contributed by atoms with E-state index in [9.17, 15) is 0 Å². The number of tetrazole rings is 1. The van der Waals surface area contributed by atoms with Crippen LogP contribution in [0, 0.1) is 11.8 Å². The number of hydrogen-bond acceptors (Lipinski definition) is 5. The molecule has 6 heteroatoms. The second-order valence-corrected chi connectivity index (χ2v) is 7.72. The number of nitrogens with one attached hydrogen (secondary N) is 1. The molecular weight excluding hydrogens is 270 g/mol.